The van der Waals surface area contributed by atoms with Gasteiger partial charge in [-0.25, -0.2) is 4.98 Å². The zero-order valence-electron chi connectivity index (χ0n) is 8.30. The molecule has 0 saturated carbocycles. The van der Waals surface area contributed by atoms with Crippen molar-refractivity contribution in [3.63, 3.8) is 0 Å². The minimum Gasteiger partial charge on any atom is -0.326 e. The summed E-state index contributed by atoms with van der Waals surface area (Å²) in [6.07, 6.45) is 3.38. The minimum atomic E-state index is 0.447. The van der Waals surface area contributed by atoms with Gasteiger partial charge in [0, 0.05) is 24.5 Å². The molecule has 0 aliphatic heterocycles. The Morgan fingerprint density at radius 2 is 2.12 bits per heavy atom. The van der Waals surface area contributed by atoms with Crippen molar-refractivity contribution >= 4 is 27.7 Å². The second kappa shape index (κ2) is 5.38. The van der Waals surface area contributed by atoms with Crippen molar-refractivity contribution in [2.75, 3.05) is 0 Å². The number of nitrogens with two attached hydrogens (primary N) is 1. The average molecular weight is 297 g/mol. The number of pyridine rings is 1. The third-order valence-corrected chi connectivity index (χ3v) is 3.86. The molecule has 2 N–H and O–H groups in total. The van der Waals surface area contributed by atoms with Crippen LogP contribution < -0.4 is 5.73 Å². The Bertz CT molecular complexity index is 492. The van der Waals surface area contributed by atoms with Gasteiger partial charge in [-0.3, -0.25) is 0 Å². The van der Waals surface area contributed by atoms with Crippen LogP contribution >= 0.6 is 27.7 Å². The van der Waals surface area contributed by atoms with Gasteiger partial charge in [-0.15, -0.1) is 5.10 Å². The molecule has 0 unspecified atom stereocenters. The first-order valence-electron chi connectivity index (χ1n) is 4.60. The predicted octanol–water partition coefficient (Wildman–Crippen LogP) is 2.24. The second-order valence-electron chi connectivity index (χ2n) is 2.96. The molecule has 82 valence electrons. The molecule has 2 aromatic rings. The topological polar surface area (TPSA) is 64.7 Å². The quantitative estimate of drug-likeness (QED) is 0.941. The van der Waals surface area contributed by atoms with Crippen LogP contribution in [0.3, 0.4) is 0 Å². The number of halogens is 1. The summed E-state index contributed by atoms with van der Waals surface area (Å²) < 4.78 is 0.939. The highest BCUT2D eigenvalue weighted by Crippen LogP contribution is 2.31. The van der Waals surface area contributed by atoms with E-state index in [9.17, 15) is 0 Å². The highest BCUT2D eigenvalue weighted by molar-refractivity contribution is 9.10. The smallest absolute Gasteiger partial charge is 0.130 e. The second-order valence-corrected chi connectivity index (χ2v) is 4.79. The van der Waals surface area contributed by atoms with E-state index in [2.05, 4.69) is 31.1 Å². The summed E-state index contributed by atoms with van der Waals surface area (Å²) in [5.41, 5.74) is 6.60. The molecule has 2 aromatic heterocycles. The first-order valence-corrected chi connectivity index (χ1v) is 6.21. The summed E-state index contributed by atoms with van der Waals surface area (Å²) >= 11 is 4.89. The molecular weight excluding hydrogens is 288 g/mol. The lowest BCUT2D eigenvalue weighted by molar-refractivity contribution is 0.864. The largest absolute Gasteiger partial charge is 0.326 e. The molecule has 0 bridgehead atoms. The van der Waals surface area contributed by atoms with E-state index in [0.717, 1.165) is 20.1 Å². The van der Waals surface area contributed by atoms with Crippen molar-refractivity contribution in [2.24, 2.45) is 5.73 Å². The lowest BCUT2D eigenvalue weighted by Crippen LogP contribution is -2.01. The molecular formula is C10H9BrN4S. The molecule has 0 aromatic carbocycles. The van der Waals surface area contributed by atoms with E-state index >= 15 is 0 Å². The summed E-state index contributed by atoms with van der Waals surface area (Å²) in [4.78, 5) is 4.26. The van der Waals surface area contributed by atoms with Crippen LogP contribution in [0, 0.1) is 0 Å². The number of nitrogens with zero attached hydrogens (tertiary/aromatic N) is 3. The molecule has 0 aliphatic rings. The fourth-order valence-corrected chi connectivity index (χ4v) is 2.45. The summed E-state index contributed by atoms with van der Waals surface area (Å²) in [7, 11) is 0. The van der Waals surface area contributed by atoms with Gasteiger partial charge in [-0.1, -0.05) is 0 Å². The zero-order chi connectivity index (χ0) is 11.4. The van der Waals surface area contributed by atoms with Gasteiger partial charge in [0.2, 0.25) is 0 Å². The van der Waals surface area contributed by atoms with Crippen LogP contribution in [0.4, 0.5) is 0 Å². The highest BCUT2D eigenvalue weighted by Gasteiger charge is 2.08. The molecule has 2 heterocycles. The molecule has 0 saturated heterocycles. The number of hydrogen-bond donors (Lipinski definition) is 1. The van der Waals surface area contributed by atoms with Crippen LogP contribution in [0.25, 0.3) is 0 Å². The van der Waals surface area contributed by atoms with Crippen molar-refractivity contribution in [1.82, 2.24) is 15.2 Å². The molecule has 0 fully saturated rings. The third kappa shape index (κ3) is 2.58. The van der Waals surface area contributed by atoms with Crippen LogP contribution in [0.2, 0.25) is 0 Å². The van der Waals surface area contributed by atoms with Gasteiger partial charge in [0.25, 0.3) is 0 Å². The maximum absolute atomic E-state index is 5.63. The van der Waals surface area contributed by atoms with Gasteiger partial charge in [-0.05, 0) is 45.9 Å². The number of aromatic nitrogens is 3. The zero-order valence-corrected chi connectivity index (χ0v) is 10.7. The Balaban J connectivity index is 2.30. The van der Waals surface area contributed by atoms with Gasteiger partial charge in [0.15, 0.2) is 0 Å². The van der Waals surface area contributed by atoms with Crippen LogP contribution in [-0.4, -0.2) is 15.2 Å². The van der Waals surface area contributed by atoms with E-state index in [1.54, 1.807) is 12.4 Å². The highest BCUT2D eigenvalue weighted by atomic mass is 79.9. The van der Waals surface area contributed by atoms with Crippen molar-refractivity contribution in [3.05, 3.63) is 40.6 Å². The Morgan fingerprint density at radius 3 is 2.88 bits per heavy atom. The number of hydrogen-bond acceptors (Lipinski definition) is 5. The number of rotatable bonds is 3. The Morgan fingerprint density at radius 1 is 1.25 bits per heavy atom. The average Bonchev–Trinajstić information content (AvgIpc) is 2.33. The monoisotopic (exact) mass is 296 g/mol. The van der Waals surface area contributed by atoms with Crippen LogP contribution in [0.1, 0.15) is 5.56 Å². The summed E-state index contributed by atoms with van der Waals surface area (Å²) in [6, 6.07) is 5.68. The lowest BCUT2D eigenvalue weighted by atomic mass is 10.3. The third-order valence-electron chi connectivity index (χ3n) is 1.90. The van der Waals surface area contributed by atoms with Crippen LogP contribution in [-0.2, 0) is 6.54 Å². The van der Waals surface area contributed by atoms with Crippen molar-refractivity contribution in [1.29, 1.82) is 0 Å². The Hall–Kier alpha value is -0.980. The fourth-order valence-electron chi connectivity index (χ4n) is 1.12. The first-order chi connectivity index (χ1) is 7.81. The Kier molecular flexibility index (Phi) is 3.87. The maximum Gasteiger partial charge on any atom is 0.130 e. The lowest BCUT2D eigenvalue weighted by Gasteiger charge is -2.05. The molecule has 6 heteroatoms. The van der Waals surface area contributed by atoms with E-state index in [4.69, 9.17) is 5.73 Å². The summed E-state index contributed by atoms with van der Waals surface area (Å²) in [5.74, 6) is 0. The van der Waals surface area contributed by atoms with Crippen molar-refractivity contribution in [3.8, 4) is 0 Å². The molecule has 0 aliphatic carbocycles. The molecule has 0 radical (unpaired) electrons. The first kappa shape index (κ1) is 11.5. The van der Waals surface area contributed by atoms with Gasteiger partial charge < -0.3 is 5.73 Å². The molecule has 16 heavy (non-hydrogen) atoms. The van der Waals surface area contributed by atoms with Gasteiger partial charge >= 0.3 is 0 Å². The maximum atomic E-state index is 5.63. The van der Waals surface area contributed by atoms with E-state index in [0.29, 0.717) is 6.54 Å². The normalized spacial score (nSPS) is 10.4. The van der Waals surface area contributed by atoms with E-state index in [1.807, 2.05) is 18.2 Å². The fraction of sp³-hybridized carbons (Fsp3) is 0.100. The molecule has 0 atom stereocenters. The van der Waals surface area contributed by atoms with Gasteiger partial charge in [0.1, 0.15) is 10.1 Å². The SMILES string of the molecule is NCc1ccnnc1Sc1ncccc1Br. The molecule has 4 nitrogen and oxygen atoms in total. The summed E-state index contributed by atoms with van der Waals surface area (Å²) in [5, 5.41) is 9.56. The molecule has 0 amide bonds. The standard InChI is InChI=1S/C10H9BrN4S/c11-8-2-1-4-13-10(8)16-9-7(6-12)3-5-14-15-9/h1-5H,6,12H2. The molecule has 2 rings (SSSR count). The van der Waals surface area contributed by atoms with Crippen LogP contribution in [0.5, 0.6) is 0 Å². The summed E-state index contributed by atoms with van der Waals surface area (Å²) in [6.45, 7) is 0.447. The van der Waals surface area contributed by atoms with E-state index in [1.165, 1.54) is 11.8 Å². The predicted molar refractivity (Wildman–Crippen MR) is 66.0 cm³/mol. The van der Waals surface area contributed by atoms with E-state index < -0.39 is 0 Å². The molecule has 0 spiro atoms. The van der Waals surface area contributed by atoms with Crippen molar-refractivity contribution in [2.45, 2.75) is 16.6 Å². The Labute approximate surface area is 106 Å². The van der Waals surface area contributed by atoms with Gasteiger partial charge in [-0.2, -0.15) is 5.10 Å². The van der Waals surface area contributed by atoms with Gasteiger partial charge in [0.05, 0.1) is 4.47 Å². The minimum absolute atomic E-state index is 0.447. The van der Waals surface area contributed by atoms with E-state index in [-0.39, 0.29) is 0 Å². The van der Waals surface area contributed by atoms with Crippen LogP contribution in [0.15, 0.2) is 45.1 Å². The van der Waals surface area contributed by atoms with Crippen molar-refractivity contribution < 1.29 is 0 Å².